The summed E-state index contributed by atoms with van der Waals surface area (Å²) in [6.07, 6.45) is 8.23. The van der Waals surface area contributed by atoms with Crippen LogP contribution in [0.25, 0.3) is 0 Å². The molecule has 6 rings (SSSR count). The van der Waals surface area contributed by atoms with Gasteiger partial charge in [-0.3, -0.25) is 0 Å². The first kappa shape index (κ1) is 16.7. The van der Waals surface area contributed by atoms with E-state index in [1.165, 1.54) is 12.8 Å². The lowest BCUT2D eigenvalue weighted by Crippen LogP contribution is -2.57. The molecule has 3 N–H and O–H groups in total. The summed E-state index contributed by atoms with van der Waals surface area (Å²) in [6, 6.07) is 0. The number of rotatable bonds is 1. The number of hydrogen-bond acceptors (Lipinski definition) is 5. The minimum Gasteiger partial charge on any atom is -0.393 e. The van der Waals surface area contributed by atoms with Crippen molar-refractivity contribution >= 4 is 0 Å². The van der Waals surface area contributed by atoms with E-state index in [1.807, 2.05) is 0 Å². The Morgan fingerprint density at radius 1 is 1.12 bits per heavy atom. The summed E-state index contributed by atoms with van der Waals surface area (Å²) < 4.78 is 12.5. The molecule has 11 atom stereocenters. The van der Waals surface area contributed by atoms with E-state index in [0.29, 0.717) is 23.7 Å². The molecule has 2 bridgehead atoms. The quantitative estimate of drug-likeness (QED) is 0.664. The fourth-order valence-corrected chi connectivity index (χ4v) is 9.07. The molecule has 0 aromatic heterocycles. The van der Waals surface area contributed by atoms with Crippen molar-refractivity contribution in [3.05, 3.63) is 0 Å². The lowest BCUT2D eigenvalue weighted by Gasteiger charge is -2.60. The van der Waals surface area contributed by atoms with Gasteiger partial charge in [-0.1, -0.05) is 6.92 Å². The molecule has 6 aliphatic rings. The minimum atomic E-state index is -1.41. The molecule has 0 amide bonds. The second kappa shape index (κ2) is 5.04. The van der Waals surface area contributed by atoms with E-state index in [2.05, 4.69) is 6.92 Å². The molecule has 26 heavy (non-hydrogen) atoms. The van der Waals surface area contributed by atoms with Crippen LogP contribution in [0.1, 0.15) is 58.3 Å². The van der Waals surface area contributed by atoms with Gasteiger partial charge in [0.15, 0.2) is 12.1 Å². The smallest absolute Gasteiger partial charge is 0.195 e. The highest BCUT2D eigenvalue weighted by Gasteiger charge is 2.78. The Kier molecular flexibility index (Phi) is 3.24. The highest BCUT2D eigenvalue weighted by Crippen LogP contribution is 2.75. The molecule has 146 valence electrons. The van der Waals surface area contributed by atoms with Crippen LogP contribution in [0.4, 0.5) is 0 Å². The molecule has 0 aromatic rings. The molecule has 2 unspecified atom stereocenters. The van der Waals surface area contributed by atoms with Crippen LogP contribution < -0.4 is 0 Å². The number of hydrogen-bond donors (Lipinski definition) is 3. The average molecular weight is 364 g/mol. The zero-order valence-electron chi connectivity index (χ0n) is 15.6. The summed E-state index contributed by atoms with van der Waals surface area (Å²) >= 11 is 0. The van der Waals surface area contributed by atoms with Gasteiger partial charge in [-0.2, -0.15) is 0 Å². The largest absolute Gasteiger partial charge is 0.393 e. The maximum atomic E-state index is 10.9. The summed E-state index contributed by atoms with van der Waals surface area (Å²) in [5.41, 5.74) is 0.180. The van der Waals surface area contributed by atoms with Crippen LogP contribution in [0, 0.1) is 40.4 Å². The van der Waals surface area contributed by atoms with E-state index in [1.54, 1.807) is 0 Å². The van der Waals surface area contributed by atoms with Crippen LogP contribution in [-0.4, -0.2) is 46.2 Å². The van der Waals surface area contributed by atoms with Crippen LogP contribution >= 0.6 is 0 Å². The molecular formula is C21H32O5. The van der Waals surface area contributed by atoms with E-state index in [4.69, 9.17) is 9.47 Å². The Morgan fingerprint density at radius 2 is 1.96 bits per heavy atom. The van der Waals surface area contributed by atoms with Crippen LogP contribution in [0.5, 0.6) is 0 Å². The Hall–Kier alpha value is -0.200. The van der Waals surface area contributed by atoms with Gasteiger partial charge in [0.25, 0.3) is 0 Å². The van der Waals surface area contributed by atoms with Crippen molar-refractivity contribution in [3.8, 4) is 0 Å². The van der Waals surface area contributed by atoms with Crippen LogP contribution in [0.2, 0.25) is 0 Å². The molecular weight excluding hydrogens is 332 g/mol. The maximum Gasteiger partial charge on any atom is 0.195 e. The van der Waals surface area contributed by atoms with E-state index >= 15 is 0 Å². The SMILES string of the molecule is C[C@]12CC[C@@H](O)C[C@@H]1CC[C@@H]1[C@@H]2[C@@H]2C[C@]34C(O2)OC(O)(CO)[C@H]3CC[C@@H]14. The van der Waals surface area contributed by atoms with Gasteiger partial charge >= 0.3 is 0 Å². The lowest BCUT2D eigenvalue weighted by molar-refractivity contribution is -0.282. The fraction of sp³-hybridized carbons (Fsp3) is 1.00. The Labute approximate surface area is 155 Å². The topological polar surface area (TPSA) is 79.2 Å². The molecule has 2 saturated heterocycles. The molecule has 2 heterocycles. The number of aliphatic hydroxyl groups is 3. The third kappa shape index (κ3) is 1.72. The first-order valence-corrected chi connectivity index (χ1v) is 10.8. The van der Waals surface area contributed by atoms with Crippen LogP contribution in [0.3, 0.4) is 0 Å². The molecule has 6 fully saturated rings. The predicted octanol–water partition coefficient (Wildman–Crippen LogP) is 2.03. The molecule has 5 nitrogen and oxygen atoms in total. The average Bonchev–Trinajstić information content (AvgIpc) is 3.21. The molecule has 4 saturated carbocycles. The number of ether oxygens (including phenoxy) is 2. The van der Waals surface area contributed by atoms with Crippen LogP contribution in [0.15, 0.2) is 0 Å². The maximum absolute atomic E-state index is 10.9. The van der Waals surface area contributed by atoms with Gasteiger partial charge in [0, 0.05) is 11.3 Å². The van der Waals surface area contributed by atoms with Gasteiger partial charge in [-0.05, 0) is 80.5 Å². The minimum absolute atomic E-state index is 0.0136. The number of fused-ring (bicyclic) bond motifs is 6. The van der Waals surface area contributed by atoms with Crippen molar-refractivity contribution in [2.24, 2.45) is 40.4 Å². The van der Waals surface area contributed by atoms with Crippen molar-refractivity contribution in [2.75, 3.05) is 6.61 Å². The molecule has 0 radical (unpaired) electrons. The highest BCUT2D eigenvalue weighted by molar-refractivity contribution is 5.20. The molecule has 2 aliphatic heterocycles. The zero-order chi connectivity index (χ0) is 17.9. The monoisotopic (exact) mass is 364 g/mol. The van der Waals surface area contributed by atoms with Crippen LogP contribution in [-0.2, 0) is 9.47 Å². The van der Waals surface area contributed by atoms with Crippen molar-refractivity contribution in [1.82, 2.24) is 0 Å². The summed E-state index contributed by atoms with van der Waals surface area (Å²) in [7, 11) is 0. The first-order valence-electron chi connectivity index (χ1n) is 10.8. The molecule has 0 aromatic carbocycles. The van der Waals surface area contributed by atoms with Gasteiger partial charge < -0.3 is 24.8 Å². The Morgan fingerprint density at radius 3 is 2.77 bits per heavy atom. The van der Waals surface area contributed by atoms with E-state index in [-0.39, 0.29) is 41.9 Å². The van der Waals surface area contributed by atoms with E-state index in [0.717, 1.165) is 38.5 Å². The van der Waals surface area contributed by atoms with Crippen molar-refractivity contribution < 1.29 is 24.8 Å². The summed E-state index contributed by atoms with van der Waals surface area (Å²) in [4.78, 5) is 0. The third-order valence-electron chi connectivity index (χ3n) is 9.97. The summed E-state index contributed by atoms with van der Waals surface area (Å²) in [5, 5.41) is 30.9. The van der Waals surface area contributed by atoms with Gasteiger partial charge in [0.1, 0.15) is 0 Å². The van der Waals surface area contributed by atoms with E-state index in [9.17, 15) is 15.3 Å². The third-order valence-corrected chi connectivity index (χ3v) is 9.97. The standard InChI is InChI=1S/C21H32O5/c1-19-7-6-12(23)8-11(19)2-3-13-14-4-5-16-20(14)9-15(17(13)19)25-18(20)26-21(16,24)10-22/h11-18,22-24H,2-10H2,1H3/t11-,12+,13-,14-,15-,16-,17+,18?,19-,20+,21?/m0/s1. The number of aliphatic hydroxyl groups excluding tert-OH is 2. The van der Waals surface area contributed by atoms with Gasteiger partial charge in [-0.25, -0.2) is 0 Å². The fourth-order valence-electron chi connectivity index (χ4n) is 9.07. The van der Waals surface area contributed by atoms with Crippen molar-refractivity contribution in [3.63, 3.8) is 0 Å². The van der Waals surface area contributed by atoms with Gasteiger partial charge in [0.2, 0.25) is 0 Å². The van der Waals surface area contributed by atoms with Gasteiger partial charge in [0.05, 0.1) is 18.8 Å². The second-order valence-electron chi connectivity index (χ2n) is 10.6. The Bertz CT molecular complexity index is 626. The first-order chi connectivity index (χ1) is 12.4. The molecule has 5 heteroatoms. The summed E-state index contributed by atoms with van der Waals surface area (Å²) in [5.74, 6) is 0.960. The normalized spacial score (nSPS) is 65.5. The predicted molar refractivity (Wildman–Crippen MR) is 92.7 cm³/mol. The summed E-state index contributed by atoms with van der Waals surface area (Å²) in [6.45, 7) is 2.13. The Balaban J connectivity index is 1.40. The highest BCUT2D eigenvalue weighted by atomic mass is 16.8. The van der Waals surface area contributed by atoms with Gasteiger partial charge in [-0.15, -0.1) is 0 Å². The van der Waals surface area contributed by atoms with Crippen molar-refractivity contribution in [1.29, 1.82) is 0 Å². The second-order valence-corrected chi connectivity index (χ2v) is 10.6. The molecule has 1 spiro atoms. The zero-order valence-corrected chi connectivity index (χ0v) is 15.6. The lowest BCUT2D eigenvalue weighted by atomic mass is 9.44. The molecule has 4 aliphatic carbocycles. The van der Waals surface area contributed by atoms with Crippen molar-refractivity contribution in [2.45, 2.75) is 82.6 Å². The van der Waals surface area contributed by atoms with E-state index < -0.39 is 5.79 Å².